The van der Waals surface area contributed by atoms with Crippen molar-refractivity contribution in [3.05, 3.63) is 102 Å². The smallest absolute Gasteiger partial charge is 0.282 e. The lowest BCUT2D eigenvalue weighted by molar-refractivity contribution is 0.304. The molecule has 1 aromatic heterocycles. The van der Waals surface area contributed by atoms with Gasteiger partial charge in [0.15, 0.2) is 0 Å². The van der Waals surface area contributed by atoms with Gasteiger partial charge in [-0.1, -0.05) is 53.4 Å². The van der Waals surface area contributed by atoms with Crippen molar-refractivity contribution in [2.75, 3.05) is 0 Å². The zero-order valence-electron chi connectivity index (χ0n) is 20.0. The third-order valence-corrected chi connectivity index (χ3v) is 7.72. The van der Waals surface area contributed by atoms with E-state index < -0.39 is 0 Å². The van der Waals surface area contributed by atoms with E-state index in [1.54, 1.807) is 18.3 Å². The van der Waals surface area contributed by atoms with Gasteiger partial charge in [-0.15, -0.1) is 0 Å². The molecular formula is C29H24Br2N4O2. The molecule has 0 bridgehead atoms. The molecule has 0 aliphatic heterocycles. The molecule has 0 saturated heterocycles. The number of fused-ring (bicyclic) bond motifs is 1. The Hall–Kier alpha value is -3.28. The van der Waals surface area contributed by atoms with Crippen molar-refractivity contribution in [3.8, 4) is 11.8 Å². The van der Waals surface area contributed by atoms with Crippen LogP contribution in [0, 0.1) is 11.3 Å². The first-order chi connectivity index (χ1) is 18.0. The lowest BCUT2D eigenvalue weighted by Gasteiger charge is -2.22. The summed E-state index contributed by atoms with van der Waals surface area (Å²) in [4.78, 5) is 18.4. The topological polar surface area (TPSA) is 80.3 Å². The van der Waals surface area contributed by atoms with Crippen LogP contribution < -0.4 is 10.3 Å². The maximum Gasteiger partial charge on any atom is 0.282 e. The normalized spacial score (nSPS) is 14.2. The van der Waals surface area contributed by atoms with E-state index in [1.807, 2.05) is 48.5 Å². The highest BCUT2D eigenvalue weighted by molar-refractivity contribution is 9.10. The average molecular weight is 620 g/mol. The lowest BCUT2D eigenvalue weighted by Crippen LogP contribution is -2.25. The first-order valence-corrected chi connectivity index (χ1v) is 13.8. The summed E-state index contributed by atoms with van der Waals surface area (Å²) in [5, 5.41) is 14.5. The van der Waals surface area contributed by atoms with Crippen molar-refractivity contribution < 1.29 is 4.74 Å². The Morgan fingerprint density at radius 2 is 1.89 bits per heavy atom. The number of hydrogen-bond acceptors (Lipinski definition) is 5. The summed E-state index contributed by atoms with van der Waals surface area (Å²) in [5.41, 5.74) is 2.76. The molecule has 3 aromatic carbocycles. The highest BCUT2D eigenvalue weighted by atomic mass is 79.9. The molecule has 4 aromatic rings. The SMILES string of the molecule is N#Cc1ccccc1COc1ccc(C=Nn2c(C3CCCCC3)nc3ccc(Br)cc3c2=O)cc1Br. The molecule has 186 valence electrons. The number of nitrogens with zero attached hydrogens (tertiary/aromatic N) is 4. The molecule has 37 heavy (non-hydrogen) atoms. The van der Waals surface area contributed by atoms with E-state index >= 15 is 0 Å². The van der Waals surface area contributed by atoms with Crippen LogP contribution in [0.2, 0.25) is 0 Å². The van der Waals surface area contributed by atoms with Crippen LogP contribution >= 0.6 is 31.9 Å². The van der Waals surface area contributed by atoms with Gasteiger partial charge < -0.3 is 4.74 Å². The summed E-state index contributed by atoms with van der Waals surface area (Å²) in [6.07, 6.45) is 7.19. The minimum absolute atomic E-state index is 0.168. The number of ether oxygens (including phenoxy) is 1. The van der Waals surface area contributed by atoms with Crippen LogP contribution in [0.1, 0.15) is 60.5 Å². The van der Waals surface area contributed by atoms with E-state index in [2.05, 4.69) is 43.0 Å². The third-order valence-electron chi connectivity index (χ3n) is 6.60. The number of aromatic nitrogens is 2. The standard InChI is InChI=1S/C29H24Br2N4O2/c30-23-11-12-26-24(15-23)29(36)35(28(34-26)20-6-2-1-3-7-20)33-17-19-10-13-27(25(31)14-19)37-18-22-9-5-4-8-21(22)16-32/h4-5,8-15,17,20H,1-3,6-7,18H2. The fourth-order valence-electron chi connectivity index (χ4n) is 4.65. The van der Waals surface area contributed by atoms with Gasteiger partial charge in [-0.3, -0.25) is 4.79 Å². The van der Waals surface area contributed by atoms with Crippen molar-refractivity contribution in [1.82, 2.24) is 9.66 Å². The molecule has 8 heteroatoms. The molecule has 5 rings (SSSR count). The van der Waals surface area contributed by atoms with Gasteiger partial charge in [0.05, 0.1) is 33.2 Å². The van der Waals surface area contributed by atoms with Gasteiger partial charge in [0, 0.05) is 16.0 Å². The first kappa shape index (κ1) is 25.4. The molecule has 0 unspecified atom stereocenters. The Morgan fingerprint density at radius 1 is 1.08 bits per heavy atom. The van der Waals surface area contributed by atoms with Crippen molar-refractivity contribution in [3.63, 3.8) is 0 Å². The van der Waals surface area contributed by atoms with Crippen LogP contribution in [0.15, 0.2) is 79.5 Å². The molecule has 1 aliphatic rings. The summed E-state index contributed by atoms with van der Waals surface area (Å²) in [6, 6.07) is 20.8. The fourth-order valence-corrected chi connectivity index (χ4v) is 5.52. The number of halogens is 2. The second kappa shape index (κ2) is 11.4. The van der Waals surface area contributed by atoms with Crippen LogP contribution in [-0.4, -0.2) is 15.9 Å². The van der Waals surface area contributed by atoms with Gasteiger partial charge in [0.2, 0.25) is 0 Å². The molecule has 1 aliphatic carbocycles. The Bertz CT molecular complexity index is 1580. The third kappa shape index (κ3) is 5.68. The summed E-state index contributed by atoms with van der Waals surface area (Å²) in [6.45, 7) is 0.286. The molecule has 0 atom stereocenters. The monoisotopic (exact) mass is 618 g/mol. The van der Waals surface area contributed by atoms with Crippen molar-refractivity contribution in [1.29, 1.82) is 5.26 Å². The van der Waals surface area contributed by atoms with Crippen molar-refractivity contribution >= 4 is 49.0 Å². The van der Waals surface area contributed by atoms with Crippen LogP contribution in [0.4, 0.5) is 0 Å². The zero-order chi connectivity index (χ0) is 25.8. The predicted octanol–water partition coefficient (Wildman–Crippen LogP) is 7.30. The average Bonchev–Trinajstić information content (AvgIpc) is 2.93. The molecular weight excluding hydrogens is 596 g/mol. The Morgan fingerprint density at radius 3 is 2.68 bits per heavy atom. The molecule has 1 heterocycles. The minimum atomic E-state index is -0.168. The van der Waals surface area contributed by atoms with Gasteiger partial charge in [0.25, 0.3) is 5.56 Å². The largest absolute Gasteiger partial charge is 0.488 e. The van der Waals surface area contributed by atoms with Crippen molar-refractivity contribution in [2.24, 2.45) is 5.10 Å². The minimum Gasteiger partial charge on any atom is -0.488 e. The predicted molar refractivity (Wildman–Crippen MR) is 152 cm³/mol. The van der Waals surface area contributed by atoms with Crippen LogP contribution in [0.5, 0.6) is 5.75 Å². The summed E-state index contributed by atoms with van der Waals surface area (Å²) < 4.78 is 9.01. The van der Waals surface area contributed by atoms with Gasteiger partial charge in [0.1, 0.15) is 18.2 Å². The van der Waals surface area contributed by atoms with Gasteiger partial charge in [-0.05, 0) is 76.8 Å². The highest BCUT2D eigenvalue weighted by Gasteiger charge is 2.22. The van der Waals surface area contributed by atoms with E-state index in [9.17, 15) is 10.1 Å². The van der Waals surface area contributed by atoms with Gasteiger partial charge in [-0.2, -0.15) is 15.0 Å². The Balaban J connectivity index is 1.44. The van der Waals surface area contributed by atoms with Gasteiger partial charge in [-0.25, -0.2) is 4.98 Å². The molecule has 0 radical (unpaired) electrons. The number of nitriles is 1. The van der Waals surface area contributed by atoms with E-state index in [4.69, 9.17) is 9.72 Å². The number of rotatable bonds is 6. The Kier molecular flexibility index (Phi) is 7.82. The number of benzene rings is 3. The van der Waals surface area contributed by atoms with Crippen LogP contribution in [0.3, 0.4) is 0 Å². The summed E-state index contributed by atoms with van der Waals surface area (Å²) >= 11 is 7.04. The van der Waals surface area contributed by atoms with Crippen LogP contribution in [0.25, 0.3) is 10.9 Å². The molecule has 1 fully saturated rings. The quantitative estimate of drug-likeness (QED) is 0.212. The zero-order valence-corrected chi connectivity index (χ0v) is 23.2. The molecule has 0 amide bonds. The molecule has 0 N–H and O–H groups in total. The van der Waals surface area contributed by atoms with Crippen molar-refractivity contribution in [2.45, 2.75) is 44.6 Å². The first-order valence-electron chi connectivity index (χ1n) is 12.2. The number of hydrogen-bond donors (Lipinski definition) is 0. The molecule has 0 spiro atoms. The Labute approximate surface area is 231 Å². The summed E-state index contributed by atoms with van der Waals surface area (Å²) in [5.74, 6) is 1.60. The second-order valence-electron chi connectivity index (χ2n) is 9.08. The van der Waals surface area contributed by atoms with Crippen LogP contribution in [-0.2, 0) is 6.61 Å². The highest BCUT2D eigenvalue weighted by Crippen LogP contribution is 2.32. The molecule has 1 saturated carbocycles. The second-order valence-corrected chi connectivity index (χ2v) is 10.8. The maximum atomic E-state index is 13.5. The maximum absolute atomic E-state index is 13.5. The van der Waals surface area contributed by atoms with E-state index in [0.29, 0.717) is 22.2 Å². The molecule has 6 nitrogen and oxygen atoms in total. The lowest BCUT2D eigenvalue weighted by atomic mass is 9.88. The summed E-state index contributed by atoms with van der Waals surface area (Å²) in [7, 11) is 0. The van der Waals surface area contributed by atoms with E-state index in [0.717, 1.165) is 51.6 Å². The van der Waals surface area contributed by atoms with E-state index in [-0.39, 0.29) is 18.1 Å². The fraction of sp³-hybridized carbons (Fsp3) is 0.241. The van der Waals surface area contributed by atoms with E-state index in [1.165, 1.54) is 11.1 Å². The van der Waals surface area contributed by atoms with Gasteiger partial charge >= 0.3 is 0 Å².